The number of rotatable bonds is 8. The van der Waals surface area contributed by atoms with Crippen molar-refractivity contribution in [2.24, 2.45) is 23.2 Å². The molecule has 5 atom stereocenters. The van der Waals surface area contributed by atoms with Gasteiger partial charge in [-0.05, 0) is 82.1 Å². The van der Waals surface area contributed by atoms with Crippen LogP contribution < -0.4 is 20.7 Å². The van der Waals surface area contributed by atoms with Crippen molar-refractivity contribution in [3.63, 3.8) is 0 Å². The smallest absolute Gasteiger partial charge is 0.407 e. The zero-order chi connectivity index (χ0) is 26.9. The molecular weight excluding hydrogens is 482 g/mol. The standard InChI is InChI=1S/C28H37N7O3/c1-27(2,3)38-26(36)34-23-18-7-17-8-19(23)11-28(9-17,10-18)16-33-24-20(12-29)14-31-25(35-24)32-15-21-13-30-6-5-22(21)37-4/h5-6,13-14,17-19,23H,7-11,15-16H2,1-4H3,(H,34,36)(H2,31,32,33,35)/t17?,18-,19+,23-,28-. The van der Waals surface area contributed by atoms with E-state index >= 15 is 0 Å². The number of nitriles is 1. The summed E-state index contributed by atoms with van der Waals surface area (Å²) in [5.41, 5.74) is 0.940. The summed E-state index contributed by atoms with van der Waals surface area (Å²) in [5, 5.41) is 19.6. The molecule has 4 bridgehead atoms. The summed E-state index contributed by atoms with van der Waals surface area (Å²) in [5.74, 6) is 3.29. The topological polar surface area (TPSA) is 134 Å². The molecule has 2 heterocycles. The first-order valence-electron chi connectivity index (χ1n) is 13.4. The fraction of sp³-hybridized carbons (Fsp3) is 0.607. The van der Waals surface area contributed by atoms with E-state index in [4.69, 9.17) is 9.47 Å². The van der Waals surface area contributed by atoms with E-state index in [0.717, 1.165) is 43.5 Å². The number of aromatic nitrogens is 3. The first-order valence-corrected chi connectivity index (χ1v) is 13.4. The lowest BCUT2D eigenvalue weighted by Gasteiger charge is -2.60. The summed E-state index contributed by atoms with van der Waals surface area (Å²) in [6.07, 6.45) is 10.2. The molecule has 0 saturated heterocycles. The molecule has 1 unspecified atom stereocenters. The minimum absolute atomic E-state index is 0.136. The maximum Gasteiger partial charge on any atom is 0.407 e. The molecule has 0 radical (unpaired) electrons. The lowest BCUT2D eigenvalue weighted by atomic mass is 9.48. The van der Waals surface area contributed by atoms with Crippen LogP contribution in [0.25, 0.3) is 0 Å². The van der Waals surface area contributed by atoms with Crippen LogP contribution in [0.2, 0.25) is 0 Å². The molecule has 0 spiro atoms. The van der Waals surface area contributed by atoms with Crippen LogP contribution in [0, 0.1) is 34.5 Å². The second kappa shape index (κ2) is 10.3. The third kappa shape index (κ3) is 5.62. The van der Waals surface area contributed by atoms with Gasteiger partial charge in [-0.2, -0.15) is 10.2 Å². The Morgan fingerprint density at radius 3 is 2.63 bits per heavy atom. The maximum absolute atomic E-state index is 12.5. The average Bonchev–Trinajstić information content (AvgIpc) is 2.87. The molecule has 0 aromatic carbocycles. The monoisotopic (exact) mass is 519 g/mol. The van der Waals surface area contributed by atoms with E-state index in [-0.39, 0.29) is 17.6 Å². The van der Waals surface area contributed by atoms with Crippen LogP contribution in [0.15, 0.2) is 24.7 Å². The Kier molecular flexibility index (Phi) is 7.03. The van der Waals surface area contributed by atoms with Crippen molar-refractivity contribution in [2.75, 3.05) is 24.3 Å². The lowest BCUT2D eigenvalue weighted by Crippen LogP contribution is -2.60. The van der Waals surface area contributed by atoms with Gasteiger partial charge >= 0.3 is 6.09 Å². The molecular formula is C28H37N7O3. The van der Waals surface area contributed by atoms with Crippen molar-refractivity contribution in [1.82, 2.24) is 20.3 Å². The minimum atomic E-state index is -0.505. The SMILES string of the molecule is COc1ccncc1CNc1ncc(C#N)c(NC[C@]23CC4C[C@H](C2)[C@@H](NC(=O)OC(C)(C)C)[C@@H](C4)C3)n1. The van der Waals surface area contributed by atoms with Gasteiger partial charge in [0.25, 0.3) is 0 Å². The molecule has 38 heavy (non-hydrogen) atoms. The summed E-state index contributed by atoms with van der Waals surface area (Å²) < 4.78 is 10.9. The van der Waals surface area contributed by atoms with Crippen LogP contribution in [0.3, 0.4) is 0 Å². The number of carbonyl (C=O) groups excluding carboxylic acids is 1. The Morgan fingerprint density at radius 1 is 1.18 bits per heavy atom. The third-order valence-corrected chi connectivity index (χ3v) is 8.14. The van der Waals surface area contributed by atoms with Gasteiger partial charge in [0.1, 0.15) is 28.8 Å². The molecule has 202 valence electrons. The van der Waals surface area contributed by atoms with Crippen LogP contribution >= 0.6 is 0 Å². The van der Waals surface area contributed by atoms with Gasteiger partial charge in [0, 0.05) is 37.1 Å². The normalized spacial score (nSPS) is 27.3. The Morgan fingerprint density at radius 2 is 1.95 bits per heavy atom. The number of ether oxygens (including phenoxy) is 2. The number of methoxy groups -OCH3 is 1. The van der Waals surface area contributed by atoms with E-state index in [1.807, 2.05) is 26.8 Å². The molecule has 0 aliphatic heterocycles. The molecule has 1 amide bonds. The quantitative estimate of drug-likeness (QED) is 0.461. The Hall–Kier alpha value is -3.61. The van der Waals surface area contributed by atoms with Gasteiger partial charge in [0.15, 0.2) is 0 Å². The highest BCUT2D eigenvalue weighted by molar-refractivity contribution is 5.68. The van der Waals surface area contributed by atoms with E-state index in [2.05, 4.69) is 37.0 Å². The number of hydrogen-bond donors (Lipinski definition) is 3. The number of nitrogens with one attached hydrogen (secondary N) is 3. The number of anilines is 2. The molecule has 10 heteroatoms. The van der Waals surface area contributed by atoms with Crippen molar-refractivity contribution in [3.8, 4) is 11.8 Å². The first kappa shape index (κ1) is 26.0. The Labute approximate surface area is 223 Å². The van der Waals surface area contributed by atoms with Gasteiger partial charge in [-0.25, -0.2) is 9.78 Å². The molecule has 4 aliphatic rings. The van der Waals surface area contributed by atoms with Crippen molar-refractivity contribution >= 4 is 17.9 Å². The molecule has 3 N–H and O–H groups in total. The zero-order valence-corrected chi connectivity index (χ0v) is 22.6. The highest BCUT2D eigenvalue weighted by Gasteiger charge is 2.55. The fourth-order valence-electron chi connectivity index (χ4n) is 6.96. The van der Waals surface area contributed by atoms with E-state index in [1.165, 1.54) is 6.42 Å². The third-order valence-electron chi connectivity index (χ3n) is 8.14. The molecule has 4 fully saturated rings. The fourth-order valence-corrected chi connectivity index (χ4v) is 6.96. The summed E-state index contributed by atoms with van der Waals surface area (Å²) in [6, 6.07) is 4.19. The van der Waals surface area contributed by atoms with Gasteiger partial charge in [-0.3, -0.25) is 4.98 Å². The number of hydrogen-bond acceptors (Lipinski definition) is 9. The summed E-state index contributed by atoms with van der Waals surface area (Å²) in [7, 11) is 1.62. The van der Waals surface area contributed by atoms with Gasteiger partial charge < -0.3 is 25.4 Å². The maximum atomic E-state index is 12.5. The van der Waals surface area contributed by atoms with Crippen LogP contribution in [0.4, 0.5) is 16.6 Å². The predicted molar refractivity (Wildman–Crippen MR) is 142 cm³/mol. The second-order valence-corrected chi connectivity index (χ2v) is 12.1. The van der Waals surface area contributed by atoms with E-state index in [1.54, 1.807) is 25.7 Å². The predicted octanol–water partition coefficient (Wildman–Crippen LogP) is 4.50. The Balaban J connectivity index is 1.24. The highest BCUT2D eigenvalue weighted by atomic mass is 16.6. The minimum Gasteiger partial charge on any atom is -0.496 e. The van der Waals surface area contributed by atoms with Crippen LogP contribution in [-0.4, -0.2) is 46.3 Å². The molecule has 2 aromatic rings. The van der Waals surface area contributed by atoms with Gasteiger partial charge in [-0.15, -0.1) is 0 Å². The van der Waals surface area contributed by atoms with Crippen LogP contribution in [0.5, 0.6) is 5.75 Å². The van der Waals surface area contributed by atoms with E-state index in [0.29, 0.717) is 41.6 Å². The van der Waals surface area contributed by atoms with E-state index in [9.17, 15) is 10.1 Å². The summed E-state index contributed by atoms with van der Waals surface area (Å²) >= 11 is 0. The Bertz CT molecular complexity index is 1210. The van der Waals surface area contributed by atoms with Crippen molar-refractivity contribution in [3.05, 3.63) is 35.8 Å². The highest BCUT2D eigenvalue weighted by Crippen LogP contribution is 2.60. The number of alkyl carbamates (subject to hydrolysis) is 1. The van der Waals surface area contributed by atoms with Gasteiger partial charge in [0.2, 0.25) is 5.95 Å². The van der Waals surface area contributed by atoms with Crippen LogP contribution in [0.1, 0.15) is 64.0 Å². The second-order valence-electron chi connectivity index (χ2n) is 12.1. The van der Waals surface area contributed by atoms with Gasteiger partial charge in [-0.1, -0.05) is 0 Å². The average molecular weight is 520 g/mol. The van der Waals surface area contributed by atoms with Crippen molar-refractivity contribution in [2.45, 2.75) is 71.1 Å². The van der Waals surface area contributed by atoms with Crippen LogP contribution in [-0.2, 0) is 11.3 Å². The number of carbonyl (C=O) groups is 1. The zero-order valence-electron chi connectivity index (χ0n) is 22.6. The van der Waals surface area contributed by atoms with E-state index < -0.39 is 5.60 Å². The van der Waals surface area contributed by atoms with Crippen molar-refractivity contribution in [1.29, 1.82) is 5.26 Å². The number of amides is 1. The summed E-state index contributed by atoms with van der Waals surface area (Å²) in [6.45, 7) is 6.87. The summed E-state index contributed by atoms with van der Waals surface area (Å²) in [4.78, 5) is 25.6. The van der Waals surface area contributed by atoms with Crippen molar-refractivity contribution < 1.29 is 14.3 Å². The molecule has 4 saturated carbocycles. The molecule has 6 rings (SSSR count). The lowest BCUT2D eigenvalue weighted by molar-refractivity contribution is -0.0703. The molecule has 2 aromatic heterocycles. The first-order chi connectivity index (χ1) is 18.2. The largest absolute Gasteiger partial charge is 0.496 e. The molecule has 10 nitrogen and oxygen atoms in total. The number of pyridine rings is 1. The molecule has 4 aliphatic carbocycles. The van der Waals surface area contributed by atoms with Gasteiger partial charge in [0.05, 0.1) is 13.3 Å². The number of nitrogens with zero attached hydrogens (tertiary/aromatic N) is 4.